The third-order valence-corrected chi connectivity index (χ3v) is 4.02. The predicted octanol–water partition coefficient (Wildman–Crippen LogP) is 3.66. The zero-order chi connectivity index (χ0) is 13.4. The molecule has 3 aromatic rings. The van der Waals surface area contributed by atoms with Crippen molar-refractivity contribution in [3.63, 3.8) is 0 Å². The molecule has 0 bridgehead atoms. The van der Waals surface area contributed by atoms with Gasteiger partial charge in [-0.1, -0.05) is 11.6 Å². The summed E-state index contributed by atoms with van der Waals surface area (Å²) in [5, 5.41) is 0.665. The van der Waals surface area contributed by atoms with Gasteiger partial charge in [-0.2, -0.15) is 0 Å². The summed E-state index contributed by atoms with van der Waals surface area (Å²) in [6, 6.07) is 7.47. The molecule has 4 nitrogen and oxygen atoms in total. The van der Waals surface area contributed by atoms with Crippen LogP contribution in [0.5, 0.6) is 5.88 Å². The van der Waals surface area contributed by atoms with Gasteiger partial charge in [-0.25, -0.2) is 9.97 Å². The van der Waals surface area contributed by atoms with Crippen LogP contribution in [-0.2, 0) is 0 Å². The second-order valence-corrected chi connectivity index (χ2v) is 5.34. The second kappa shape index (κ2) is 4.97. The average molecular weight is 386 g/mol. The molecule has 0 atom stereocenters. The summed E-state index contributed by atoms with van der Waals surface area (Å²) in [4.78, 5) is 8.80. The Bertz CT molecular complexity index is 757. The summed E-state index contributed by atoms with van der Waals surface area (Å²) in [6.45, 7) is 0. The fraction of sp³-hybridized carbons (Fsp3) is 0.0769. The molecule has 0 amide bonds. The van der Waals surface area contributed by atoms with E-state index in [1.54, 1.807) is 13.3 Å². The van der Waals surface area contributed by atoms with Gasteiger partial charge in [-0.3, -0.25) is 4.40 Å². The van der Waals surface area contributed by atoms with E-state index in [1.165, 1.54) is 0 Å². The lowest BCUT2D eigenvalue weighted by molar-refractivity contribution is 0.399. The Labute approximate surface area is 128 Å². The van der Waals surface area contributed by atoms with Gasteiger partial charge in [0.1, 0.15) is 15.0 Å². The highest BCUT2D eigenvalue weighted by Gasteiger charge is 2.16. The number of aromatic nitrogens is 3. The molecule has 0 aliphatic heterocycles. The zero-order valence-corrected chi connectivity index (χ0v) is 12.9. The summed E-state index contributed by atoms with van der Waals surface area (Å²) in [5.74, 6) is 0.565. The molecule has 0 spiro atoms. The number of nitrogens with zero attached hydrogens (tertiary/aromatic N) is 3. The Kier molecular flexibility index (Phi) is 3.32. The number of rotatable bonds is 2. The van der Waals surface area contributed by atoms with Crippen LogP contribution in [0.3, 0.4) is 0 Å². The minimum Gasteiger partial charge on any atom is -0.481 e. The quantitative estimate of drug-likeness (QED) is 0.632. The van der Waals surface area contributed by atoms with Gasteiger partial charge in [-0.15, -0.1) is 0 Å². The van der Waals surface area contributed by atoms with Crippen LogP contribution in [0, 0.1) is 3.70 Å². The molecule has 3 heterocycles. The van der Waals surface area contributed by atoms with Crippen molar-refractivity contribution in [1.82, 2.24) is 14.4 Å². The Hall–Kier alpha value is -1.34. The third kappa shape index (κ3) is 2.17. The molecule has 3 rings (SSSR count). The molecule has 0 aliphatic carbocycles. The van der Waals surface area contributed by atoms with Gasteiger partial charge in [0, 0.05) is 23.5 Å². The van der Waals surface area contributed by atoms with E-state index in [1.807, 2.05) is 34.9 Å². The average Bonchev–Trinajstić information content (AvgIpc) is 2.75. The molecule has 19 heavy (non-hydrogen) atoms. The number of imidazole rings is 1. The van der Waals surface area contributed by atoms with E-state index in [0.717, 1.165) is 20.6 Å². The smallest absolute Gasteiger partial charge is 0.222 e. The molecule has 0 unspecified atom stereocenters. The Morgan fingerprint density at radius 2 is 2.21 bits per heavy atom. The maximum absolute atomic E-state index is 5.99. The van der Waals surface area contributed by atoms with Gasteiger partial charge in [0.2, 0.25) is 5.88 Å². The van der Waals surface area contributed by atoms with Crippen molar-refractivity contribution in [2.75, 3.05) is 7.11 Å². The van der Waals surface area contributed by atoms with Crippen LogP contribution in [0.4, 0.5) is 0 Å². The van der Waals surface area contributed by atoms with E-state index in [-0.39, 0.29) is 0 Å². The SMILES string of the molecule is COc1ncccc1-c1nc2cc(Cl)ccn2c1I. The molecule has 6 heteroatoms. The minimum atomic E-state index is 0.565. The van der Waals surface area contributed by atoms with Gasteiger partial charge in [0.15, 0.2) is 0 Å². The maximum Gasteiger partial charge on any atom is 0.222 e. The number of halogens is 2. The van der Waals surface area contributed by atoms with Gasteiger partial charge in [-0.05, 0) is 40.8 Å². The van der Waals surface area contributed by atoms with Gasteiger partial charge >= 0.3 is 0 Å². The first-order valence-electron chi connectivity index (χ1n) is 5.53. The number of fused-ring (bicyclic) bond motifs is 1. The normalized spacial score (nSPS) is 10.9. The molecule has 0 saturated heterocycles. The summed E-state index contributed by atoms with van der Waals surface area (Å²) in [6.07, 6.45) is 3.60. The maximum atomic E-state index is 5.99. The third-order valence-electron chi connectivity index (χ3n) is 2.75. The van der Waals surface area contributed by atoms with Crippen LogP contribution in [-0.4, -0.2) is 21.5 Å². The fourth-order valence-corrected chi connectivity index (χ4v) is 2.87. The number of methoxy groups -OCH3 is 1. The van der Waals surface area contributed by atoms with E-state index in [9.17, 15) is 0 Å². The Morgan fingerprint density at radius 3 is 3.00 bits per heavy atom. The number of hydrogen-bond donors (Lipinski definition) is 0. The van der Waals surface area contributed by atoms with Crippen LogP contribution in [0.15, 0.2) is 36.7 Å². The lowest BCUT2D eigenvalue weighted by Crippen LogP contribution is -1.92. The van der Waals surface area contributed by atoms with Crippen molar-refractivity contribution in [3.05, 3.63) is 45.4 Å². The summed E-state index contributed by atoms with van der Waals surface area (Å²) >= 11 is 8.25. The molecule has 0 aliphatic rings. The summed E-state index contributed by atoms with van der Waals surface area (Å²) in [5.41, 5.74) is 2.51. The van der Waals surface area contributed by atoms with Crippen LogP contribution in [0.1, 0.15) is 0 Å². The largest absolute Gasteiger partial charge is 0.481 e. The first kappa shape index (κ1) is 12.7. The lowest BCUT2D eigenvalue weighted by Gasteiger charge is -2.04. The Morgan fingerprint density at radius 1 is 1.37 bits per heavy atom. The molecule has 0 N–H and O–H groups in total. The highest BCUT2D eigenvalue weighted by molar-refractivity contribution is 14.1. The number of pyridine rings is 2. The molecular formula is C13H9ClIN3O. The minimum absolute atomic E-state index is 0.565. The van der Waals surface area contributed by atoms with Crippen LogP contribution in [0.25, 0.3) is 16.9 Å². The zero-order valence-electron chi connectivity index (χ0n) is 9.97. The van der Waals surface area contributed by atoms with Gasteiger partial charge in [0.25, 0.3) is 0 Å². The fourth-order valence-electron chi connectivity index (χ4n) is 1.90. The van der Waals surface area contributed by atoms with Crippen LogP contribution in [0.2, 0.25) is 5.02 Å². The molecule has 0 radical (unpaired) electrons. The predicted molar refractivity (Wildman–Crippen MR) is 82.7 cm³/mol. The van der Waals surface area contributed by atoms with Crippen LogP contribution >= 0.6 is 34.2 Å². The van der Waals surface area contributed by atoms with Crippen molar-refractivity contribution in [1.29, 1.82) is 0 Å². The number of ether oxygens (including phenoxy) is 1. The van der Waals surface area contributed by atoms with Crippen molar-refractivity contribution in [2.45, 2.75) is 0 Å². The lowest BCUT2D eigenvalue weighted by atomic mass is 10.2. The van der Waals surface area contributed by atoms with Crippen molar-refractivity contribution < 1.29 is 4.74 Å². The highest BCUT2D eigenvalue weighted by Crippen LogP contribution is 2.31. The first-order valence-corrected chi connectivity index (χ1v) is 6.99. The van der Waals surface area contributed by atoms with Crippen LogP contribution < -0.4 is 4.74 Å². The van der Waals surface area contributed by atoms with Crippen molar-refractivity contribution in [2.24, 2.45) is 0 Å². The molecule has 0 aromatic carbocycles. The van der Waals surface area contributed by atoms with Crippen molar-refractivity contribution >= 4 is 39.8 Å². The monoisotopic (exact) mass is 385 g/mol. The van der Waals surface area contributed by atoms with E-state index < -0.39 is 0 Å². The standard InChI is InChI=1S/C13H9ClIN3O/c1-19-13-9(3-2-5-16-13)11-12(15)18-6-4-8(14)7-10(18)17-11/h2-7H,1H3. The highest BCUT2D eigenvalue weighted by atomic mass is 127. The van der Waals surface area contributed by atoms with Gasteiger partial charge in [0.05, 0.1) is 12.7 Å². The summed E-state index contributed by atoms with van der Waals surface area (Å²) in [7, 11) is 1.60. The van der Waals surface area contributed by atoms with E-state index in [4.69, 9.17) is 16.3 Å². The molecular weight excluding hydrogens is 377 g/mol. The topological polar surface area (TPSA) is 39.4 Å². The van der Waals surface area contributed by atoms with E-state index >= 15 is 0 Å². The van der Waals surface area contributed by atoms with E-state index in [2.05, 4.69) is 32.6 Å². The van der Waals surface area contributed by atoms with Crippen molar-refractivity contribution in [3.8, 4) is 17.1 Å². The molecule has 96 valence electrons. The van der Waals surface area contributed by atoms with E-state index in [0.29, 0.717) is 10.9 Å². The Balaban J connectivity index is 2.28. The summed E-state index contributed by atoms with van der Waals surface area (Å²) < 4.78 is 8.26. The number of hydrogen-bond acceptors (Lipinski definition) is 3. The second-order valence-electron chi connectivity index (χ2n) is 3.88. The van der Waals surface area contributed by atoms with Gasteiger partial charge < -0.3 is 4.74 Å². The molecule has 3 aromatic heterocycles. The first-order chi connectivity index (χ1) is 9.20. The molecule has 0 fully saturated rings. The molecule has 0 saturated carbocycles.